The standard InChI is InChI=1S/C16H20BrNO3/c1-4-18(10-16(2,3)20)9-11-7-15(19)21-14-8-12(17)5-6-13(11)14/h5-8,20H,4,9-10H2,1-3H3. The quantitative estimate of drug-likeness (QED) is 0.839. The van der Waals surface area contributed by atoms with E-state index in [9.17, 15) is 9.90 Å². The van der Waals surface area contributed by atoms with Crippen molar-refractivity contribution in [1.82, 2.24) is 4.90 Å². The SMILES string of the molecule is CCN(Cc1cc(=O)oc2cc(Br)ccc12)CC(C)(C)O. The summed E-state index contributed by atoms with van der Waals surface area (Å²) in [5.41, 5.74) is 0.370. The van der Waals surface area contributed by atoms with Gasteiger partial charge in [0.15, 0.2) is 0 Å². The number of hydrogen-bond acceptors (Lipinski definition) is 4. The van der Waals surface area contributed by atoms with Gasteiger partial charge in [-0.3, -0.25) is 4.90 Å². The van der Waals surface area contributed by atoms with Crippen LogP contribution in [-0.2, 0) is 6.54 Å². The lowest BCUT2D eigenvalue weighted by Crippen LogP contribution is -2.38. The third-order valence-electron chi connectivity index (χ3n) is 3.24. The first-order chi connectivity index (χ1) is 9.78. The number of likely N-dealkylation sites (N-methyl/N-ethyl adjacent to an activating group) is 1. The van der Waals surface area contributed by atoms with Gasteiger partial charge in [0.05, 0.1) is 5.60 Å². The normalized spacial score (nSPS) is 12.3. The van der Waals surface area contributed by atoms with Gasteiger partial charge >= 0.3 is 5.63 Å². The summed E-state index contributed by atoms with van der Waals surface area (Å²) >= 11 is 3.38. The fourth-order valence-electron chi connectivity index (χ4n) is 2.40. The van der Waals surface area contributed by atoms with Crippen molar-refractivity contribution >= 4 is 26.9 Å². The van der Waals surface area contributed by atoms with Crippen LogP contribution in [0.1, 0.15) is 26.3 Å². The van der Waals surface area contributed by atoms with Crippen molar-refractivity contribution in [2.24, 2.45) is 0 Å². The molecule has 2 rings (SSSR count). The summed E-state index contributed by atoms with van der Waals surface area (Å²) in [5.74, 6) is 0. The van der Waals surface area contributed by atoms with Gasteiger partial charge in [-0.25, -0.2) is 4.79 Å². The number of halogens is 1. The van der Waals surface area contributed by atoms with Crippen molar-refractivity contribution in [2.45, 2.75) is 32.9 Å². The highest BCUT2D eigenvalue weighted by Crippen LogP contribution is 2.23. The molecule has 1 N–H and O–H groups in total. The van der Waals surface area contributed by atoms with Crippen LogP contribution >= 0.6 is 15.9 Å². The maximum Gasteiger partial charge on any atom is 0.336 e. The van der Waals surface area contributed by atoms with E-state index in [1.54, 1.807) is 19.9 Å². The van der Waals surface area contributed by atoms with Gasteiger partial charge in [-0.2, -0.15) is 0 Å². The van der Waals surface area contributed by atoms with Gasteiger partial charge in [0.2, 0.25) is 0 Å². The van der Waals surface area contributed by atoms with Crippen LogP contribution in [-0.4, -0.2) is 28.7 Å². The van der Waals surface area contributed by atoms with Gasteiger partial charge in [-0.1, -0.05) is 22.9 Å². The number of nitrogens with zero attached hydrogens (tertiary/aromatic N) is 1. The summed E-state index contributed by atoms with van der Waals surface area (Å²) in [6.45, 7) is 7.54. The largest absolute Gasteiger partial charge is 0.423 e. The second kappa shape index (κ2) is 6.30. The van der Waals surface area contributed by atoms with Gasteiger partial charge in [-0.05, 0) is 44.2 Å². The predicted molar refractivity (Wildman–Crippen MR) is 87.4 cm³/mol. The molecule has 0 aliphatic carbocycles. The lowest BCUT2D eigenvalue weighted by atomic mass is 10.1. The molecule has 0 amide bonds. The Morgan fingerprint density at radius 3 is 2.67 bits per heavy atom. The van der Waals surface area contributed by atoms with Crippen molar-refractivity contribution in [3.05, 3.63) is 44.7 Å². The van der Waals surface area contributed by atoms with Crippen LogP contribution < -0.4 is 5.63 Å². The summed E-state index contributed by atoms with van der Waals surface area (Å²) in [5, 5.41) is 10.9. The van der Waals surface area contributed by atoms with E-state index in [-0.39, 0.29) is 5.63 Å². The molecular weight excluding hydrogens is 334 g/mol. The van der Waals surface area contributed by atoms with Gasteiger partial charge in [0.25, 0.3) is 0 Å². The molecule has 0 saturated carbocycles. The minimum Gasteiger partial charge on any atom is -0.423 e. The molecular formula is C16H20BrNO3. The Kier molecular flexibility index (Phi) is 4.86. The van der Waals surface area contributed by atoms with Gasteiger partial charge < -0.3 is 9.52 Å². The van der Waals surface area contributed by atoms with Crippen molar-refractivity contribution in [2.75, 3.05) is 13.1 Å². The highest BCUT2D eigenvalue weighted by molar-refractivity contribution is 9.10. The van der Waals surface area contributed by atoms with Gasteiger partial charge in [-0.15, -0.1) is 0 Å². The molecule has 0 fully saturated rings. The van der Waals surface area contributed by atoms with Crippen molar-refractivity contribution in [1.29, 1.82) is 0 Å². The molecule has 0 atom stereocenters. The molecule has 21 heavy (non-hydrogen) atoms. The van der Waals surface area contributed by atoms with Gasteiger partial charge in [0, 0.05) is 29.0 Å². The summed E-state index contributed by atoms with van der Waals surface area (Å²) in [6, 6.07) is 7.20. The van der Waals surface area contributed by atoms with E-state index >= 15 is 0 Å². The van der Waals surface area contributed by atoms with E-state index in [1.807, 2.05) is 19.1 Å². The molecule has 0 radical (unpaired) electrons. The summed E-state index contributed by atoms with van der Waals surface area (Å²) in [6.07, 6.45) is 0. The zero-order valence-corrected chi connectivity index (χ0v) is 14.1. The van der Waals surface area contributed by atoms with Gasteiger partial charge in [0.1, 0.15) is 5.58 Å². The fourth-order valence-corrected chi connectivity index (χ4v) is 2.74. The number of fused-ring (bicyclic) bond motifs is 1. The zero-order valence-electron chi connectivity index (χ0n) is 12.5. The van der Waals surface area contributed by atoms with E-state index in [0.29, 0.717) is 18.7 Å². The molecule has 114 valence electrons. The van der Waals surface area contributed by atoms with E-state index < -0.39 is 5.60 Å². The van der Waals surface area contributed by atoms with Crippen LogP contribution in [0, 0.1) is 0 Å². The van der Waals surface area contributed by atoms with Crippen LogP contribution in [0.15, 0.2) is 37.9 Å². The summed E-state index contributed by atoms with van der Waals surface area (Å²) in [7, 11) is 0. The molecule has 0 saturated heterocycles. The molecule has 1 aromatic heterocycles. The summed E-state index contributed by atoms with van der Waals surface area (Å²) < 4.78 is 6.12. The molecule has 2 aromatic rings. The highest BCUT2D eigenvalue weighted by Gasteiger charge is 2.18. The van der Waals surface area contributed by atoms with E-state index in [2.05, 4.69) is 20.8 Å². The average Bonchev–Trinajstić information content (AvgIpc) is 2.35. The van der Waals surface area contributed by atoms with E-state index in [0.717, 1.165) is 22.0 Å². The Hall–Kier alpha value is -1.17. The molecule has 0 bridgehead atoms. The van der Waals surface area contributed by atoms with Crippen molar-refractivity contribution in [3.63, 3.8) is 0 Å². The van der Waals surface area contributed by atoms with Crippen LogP contribution in [0.5, 0.6) is 0 Å². The highest BCUT2D eigenvalue weighted by atomic mass is 79.9. The topological polar surface area (TPSA) is 53.7 Å². The second-order valence-electron chi connectivity index (χ2n) is 5.85. The zero-order chi connectivity index (χ0) is 15.6. The first-order valence-electron chi connectivity index (χ1n) is 6.95. The number of hydrogen-bond donors (Lipinski definition) is 1. The smallest absolute Gasteiger partial charge is 0.336 e. The molecule has 0 aliphatic heterocycles. The van der Waals surface area contributed by atoms with E-state index in [1.165, 1.54) is 6.07 Å². The molecule has 0 spiro atoms. The number of rotatable bonds is 5. The summed E-state index contributed by atoms with van der Waals surface area (Å²) in [4.78, 5) is 13.8. The molecule has 5 heteroatoms. The van der Waals surface area contributed by atoms with Crippen LogP contribution in [0.2, 0.25) is 0 Å². The Bertz CT molecular complexity index is 688. The van der Waals surface area contributed by atoms with Crippen LogP contribution in [0.4, 0.5) is 0 Å². The van der Waals surface area contributed by atoms with E-state index in [4.69, 9.17) is 4.42 Å². The monoisotopic (exact) mass is 353 g/mol. The lowest BCUT2D eigenvalue weighted by molar-refractivity contribution is 0.0354. The Morgan fingerprint density at radius 2 is 2.05 bits per heavy atom. The third-order valence-corrected chi connectivity index (χ3v) is 3.74. The molecule has 1 heterocycles. The first-order valence-corrected chi connectivity index (χ1v) is 7.75. The molecule has 0 unspecified atom stereocenters. The Morgan fingerprint density at radius 1 is 1.33 bits per heavy atom. The average molecular weight is 354 g/mol. The predicted octanol–water partition coefficient (Wildman–Crippen LogP) is 3.15. The third kappa shape index (κ3) is 4.40. The van der Waals surface area contributed by atoms with Crippen LogP contribution in [0.25, 0.3) is 11.0 Å². The number of benzene rings is 1. The maximum atomic E-state index is 11.7. The molecule has 1 aromatic carbocycles. The minimum atomic E-state index is -0.770. The first kappa shape index (κ1) is 16.2. The number of aliphatic hydroxyl groups is 1. The fraction of sp³-hybridized carbons (Fsp3) is 0.438. The Balaban J connectivity index is 2.39. The van der Waals surface area contributed by atoms with Crippen molar-refractivity contribution in [3.8, 4) is 0 Å². The lowest BCUT2D eigenvalue weighted by Gasteiger charge is -2.28. The minimum absolute atomic E-state index is 0.352. The molecule has 0 aliphatic rings. The van der Waals surface area contributed by atoms with Crippen LogP contribution in [0.3, 0.4) is 0 Å². The maximum absolute atomic E-state index is 11.7. The second-order valence-corrected chi connectivity index (χ2v) is 6.76. The Labute approximate surface area is 132 Å². The van der Waals surface area contributed by atoms with Crippen molar-refractivity contribution < 1.29 is 9.52 Å². The molecule has 4 nitrogen and oxygen atoms in total.